The van der Waals surface area contributed by atoms with Gasteiger partial charge in [-0.3, -0.25) is 4.99 Å². The zero-order chi connectivity index (χ0) is 18.1. The molecule has 0 aromatic heterocycles. The molecule has 1 rings (SSSR count). The van der Waals surface area contributed by atoms with Crippen LogP contribution in [0.3, 0.4) is 0 Å². The first kappa shape index (κ1) is 19.8. The van der Waals surface area contributed by atoms with Gasteiger partial charge < -0.3 is 10.4 Å². The second kappa shape index (κ2) is 9.83. The topological polar surface area (TPSA) is 44.6 Å². The van der Waals surface area contributed by atoms with Crippen molar-refractivity contribution in [1.82, 2.24) is 5.32 Å². The summed E-state index contributed by atoms with van der Waals surface area (Å²) in [5, 5.41) is 12.1. The van der Waals surface area contributed by atoms with E-state index in [1.54, 1.807) is 12.1 Å². The summed E-state index contributed by atoms with van der Waals surface area (Å²) in [7, 11) is 0. The highest BCUT2D eigenvalue weighted by Crippen LogP contribution is 2.21. The summed E-state index contributed by atoms with van der Waals surface area (Å²) >= 11 is 0. The molecule has 0 amide bonds. The molecule has 0 heterocycles. The van der Waals surface area contributed by atoms with E-state index in [0.29, 0.717) is 5.56 Å². The van der Waals surface area contributed by atoms with Gasteiger partial charge in [0.25, 0.3) is 0 Å². The molecule has 1 atom stereocenters. The maximum atomic E-state index is 13.9. The first-order valence-corrected chi connectivity index (χ1v) is 8.07. The van der Waals surface area contributed by atoms with Crippen molar-refractivity contribution in [3.8, 4) is 0 Å². The summed E-state index contributed by atoms with van der Waals surface area (Å²) < 4.78 is 13.9. The lowest BCUT2D eigenvalue weighted by Gasteiger charge is -2.09. The summed E-state index contributed by atoms with van der Waals surface area (Å²) in [5.74, 6) is 0.517. The summed E-state index contributed by atoms with van der Waals surface area (Å²) in [4.78, 5) is 4.30. The number of allylic oxidation sites excluding steroid dienone is 5. The van der Waals surface area contributed by atoms with Crippen LogP contribution in [-0.4, -0.2) is 23.6 Å². The Bertz CT molecular complexity index is 672. The van der Waals surface area contributed by atoms with Gasteiger partial charge in [0.1, 0.15) is 5.82 Å². The first-order valence-electron chi connectivity index (χ1n) is 8.07. The van der Waals surface area contributed by atoms with E-state index in [1.165, 1.54) is 6.07 Å². The quantitative estimate of drug-likeness (QED) is 0.459. The first-order chi connectivity index (χ1) is 11.4. The monoisotopic (exact) mass is 330 g/mol. The molecule has 130 valence electrons. The Kier molecular flexibility index (Phi) is 8.13. The molecule has 2 N–H and O–H groups in total. The fourth-order valence-electron chi connectivity index (χ4n) is 2.22. The fourth-order valence-corrected chi connectivity index (χ4v) is 2.22. The van der Waals surface area contributed by atoms with Gasteiger partial charge in [-0.1, -0.05) is 30.4 Å². The van der Waals surface area contributed by atoms with Crippen molar-refractivity contribution in [2.75, 3.05) is 6.61 Å². The summed E-state index contributed by atoms with van der Waals surface area (Å²) in [6, 6.07) is 6.63. The average molecular weight is 330 g/mol. The molecule has 24 heavy (non-hydrogen) atoms. The number of halogens is 1. The molecule has 0 aliphatic rings. The molecule has 0 saturated heterocycles. The molecular formula is C20H27FN2O. The molecule has 0 fully saturated rings. The van der Waals surface area contributed by atoms with E-state index in [1.807, 2.05) is 59.0 Å². The third-order valence-electron chi connectivity index (χ3n) is 3.61. The lowest BCUT2D eigenvalue weighted by molar-refractivity contribution is 0.274. The summed E-state index contributed by atoms with van der Waals surface area (Å²) in [6.07, 6.45) is 5.82. The predicted octanol–water partition coefficient (Wildman–Crippen LogP) is 4.47. The number of hydrogen-bond donors (Lipinski definition) is 2. The van der Waals surface area contributed by atoms with E-state index in [2.05, 4.69) is 10.3 Å². The number of nitrogens with zero attached hydrogens (tertiary/aromatic N) is 1. The average Bonchev–Trinajstić information content (AvgIpc) is 2.57. The zero-order valence-electron chi connectivity index (χ0n) is 15.1. The molecule has 0 saturated carbocycles. The lowest BCUT2D eigenvalue weighted by atomic mass is 10.0. The van der Waals surface area contributed by atoms with Crippen molar-refractivity contribution in [3.05, 3.63) is 65.1 Å². The minimum atomic E-state index is -0.220. The van der Waals surface area contributed by atoms with Crippen molar-refractivity contribution >= 4 is 11.4 Å². The Hall–Kier alpha value is -2.20. The maximum Gasteiger partial charge on any atom is 0.130 e. The fraction of sp³-hybridized carbons (Fsp3) is 0.350. The number of benzene rings is 1. The molecule has 3 nitrogen and oxygen atoms in total. The highest BCUT2D eigenvalue weighted by molar-refractivity contribution is 5.81. The molecule has 0 aliphatic carbocycles. The van der Waals surface area contributed by atoms with E-state index in [-0.39, 0.29) is 18.5 Å². The second-order valence-electron chi connectivity index (χ2n) is 5.77. The van der Waals surface area contributed by atoms with Crippen LogP contribution in [0.2, 0.25) is 0 Å². The molecule has 0 spiro atoms. The smallest absolute Gasteiger partial charge is 0.130 e. The Balaban J connectivity index is 2.93. The third kappa shape index (κ3) is 6.13. The summed E-state index contributed by atoms with van der Waals surface area (Å²) in [6.45, 7) is 9.55. The van der Waals surface area contributed by atoms with Gasteiger partial charge >= 0.3 is 0 Å². The van der Waals surface area contributed by atoms with Crippen LogP contribution in [0.4, 0.5) is 4.39 Å². The van der Waals surface area contributed by atoms with Gasteiger partial charge in [0, 0.05) is 11.8 Å². The van der Waals surface area contributed by atoms with Crippen molar-refractivity contribution in [3.63, 3.8) is 0 Å². The molecule has 1 unspecified atom stereocenters. The number of nitrogens with one attached hydrogen (secondary N) is 1. The largest absolute Gasteiger partial charge is 0.394 e. The van der Waals surface area contributed by atoms with Crippen LogP contribution in [0.1, 0.15) is 40.2 Å². The minimum Gasteiger partial charge on any atom is -0.394 e. The van der Waals surface area contributed by atoms with Crippen molar-refractivity contribution in [2.45, 2.75) is 40.7 Å². The van der Waals surface area contributed by atoms with Crippen LogP contribution in [0.25, 0.3) is 5.57 Å². The molecule has 1 aromatic rings. The number of hydrogen-bond acceptors (Lipinski definition) is 2. The van der Waals surface area contributed by atoms with Crippen LogP contribution < -0.4 is 5.32 Å². The van der Waals surface area contributed by atoms with Crippen molar-refractivity contribution in [2.24, 2.45) is 4.99 Å². The number of aliphatic hydroxyl groups excluding tert-OH is 1. The van der Waals surface area contributed by atoms with Gasteiger partial charge in [-0.05, 0) is 57.4 Å². The normalized spacial score (nSPS) is 15.5. The van der Waals surface area contributed by atoms with Crippen LogP contribution in [0.15, 0.2) is 58.8 Å². The van der Waals surface area contributed by atoms with E-state index in [0.717, 1.165) is 22.6 Å². The highest BCUT2D eigenvalue weighted by atomic mass is 19.1. The van der Waals surface area contributed by atoms with E-state index >= 15 is 0 Å². The maximum absolute atomic E-state index is 13.9. The van der Waals surface area contributed by atoms with Gasteiger partial charge in [-0.25, -0.2) is 4.39 Å². The Labute approximate surface area is 144 Å². The lowest BCUT2D eigenvalue weighted by Crippen LogP contribution is -2.18. The molecule has 0 aliphatic heterocycles. The SMILES string of the molecule is C/C=C(\C=C(/C)c1ccccc1F)C(/C)=C/NC(C)=NC(C)CO. The summed E-state index contributed by atoms with van der Waals surface area (Å²) in [5.41, 5.74) is 3.49. The molecule has 0 radical (unpaired) electrons. The van der Waals surface area contributed by atoms with Gasteiger partial charge in [0.05, 0.1) is 18.5 Å². The molecule has 0 bridgehead atoms. The van der Waals surface area contributed by atoms with E-state index in [9.17, 15) is 4.39 Å². The Morgan fingerprint density at radius 2 is 1.96 bits per heavy atom. The zero-order valence-corrected chi connectivity index (χ0v) is 15.1. The molecular weight excluding hydrogens is 303 g/mol. The third-order valence-corrected chi connectivity index (χ3v) is 3.61. The second-order valence-corrected chi connectivity index (χ2v) is 5.77. The highest BCUT2D eigenvalue weighted by Gasteiger charge is 2.04. The van der Waals surface area contributed by atoms with Gasteiger partial charge in [-0.2, -0.15) is 0 Å². The molecule has 1 aromatic carbocycles. The van der Waals surface area contributed by atoms with Crippen LogP contribution in [0.5, 0.6) is 0 Å². The van der Waals surface area contributed by atoms with E-state index in [4.69, 9.17) is 5.11 Å². The van der Waals surface area contributed by atoms with Crippen LogP contribution in [-0.2, 0) is 0 Å². The number of aliphatic hydroxyl groups is 1. The van der Waals surface area contributed by atoms with Crippen LogP contribution >= 0.6 is 0 Å². The van der Waals surface area contributed by atoms with Crippen LogP contribution in [0, 0.1) is 5.82 Å². The standard InChI is InChI=1S/C20H27FN2O/c1-6-18(11-14(2)19-9-7-8-10-20(19)21)15(3)12-22-17(5)23-16(4)13-24/h6-12,16,24H,13H2,1-5H3,(H,22,23)/b14-11+,15-12+,18-6+. The van der Waals surface area contributed by atoms with Gasteiger partial charge in [-0.15, -0.1) is 0 Å². The van der Waals surface area contributed by atoms with E-state index < -0.39 is 0 Å². The van der Waals surface area contributed by atoms with Gasteiger partial charge in [0.2, 0.25) is 0 Å². The van der Waals surface area contributed by atoms with Crippen molar-refractivity contribution in [1.29, 1.82) is 0 Å². The Morgan fingerprint density at radius 1 is 1.29 bits per heavy atom. The Morgan fingerprint density at radius 3 is 2.54 bits per heavy atom. The number of aliphatic imine (C=N–C) groups is 1. The number of rotatable bonds is 6. The number of amidine groups is 1. The predicted molar refractivity (Wildman–Crippen MR) is 100 cm³/mol. The van der Waals surface area contributed by atoms with Gasteiger partial charge in [0.15, 0.2) is 0 Å². The minimum absolute atomic E-state index is 0.0202. The van der Waals surface area contributed by atoms with Crippen molar-refractivity contribution < 1.29 is 9.50 Å². The molecule has 4 heteroatoms.